The molecule has 0 aliphatic rings. The number of rotatable bonds is 5. The number of hydrogen-bond acceptors (Lipinski definition) is 6. The van der Waals surface area contributed by atoms with Gasteiger partial charge in [0.2, 0.25) is 0 Å². The first-order valence-corrected chi connectivity index (χ1v) is 18.9. The molecule has 12 aromatic rings. The number of benzene rings is 8. The molecule has 6 nitrogen and oxygen atoms in total. The van der Waals surface area contributed by atoms with Crippen LogP contribution in [0.4, 0.5) is 0 Å². The van der Waals surface area contributed by atoms with Gasteiger partial charge in [0.25, 0.3) is 0 Å². The molecule has 0 radical (unpaired) electrons. The van der Waals surface area contributed by atoms with Crippen LogP contribution in [0.25, 0.3) is 122 Å². The molecule has 0 bridgehead atoms. The van der Waals surface area contributed by atoms with E-state index in [1.165, 1.54) is 0 Å². The molecule has 0 unspecified atom stereocenters. The SMILES string of the molecule is c1ccc(-c2ccc(-c3nc(-c4ccc5c(c4)oc4ccccc45)nc(-c4ccc(-c5cccc6c5oc5ccccc56)c5oc6ccccc6c45)n3)cc2)cc1. The maximum atomic E-state index is 6.76. The van der Waals surface area contributed by atoms with Crippen molar-refractivity contribution in [2.24, 2.45) is 0 Å². The maximum absolute atomic E-state index is 6.76. The molecule has 266 valence electrons. The number of para-hydroxylation sites is 4. The Hall–Kier alpha value is -7.83. The molecule has 0 fully saturated rings. The number of hydrogen-bond donors (Lipinski definition) is 0. The van der Waals surface area contributed by atoms with E-state index in [0.717, 1.165) is 105 Å². The summed E-state index contributed by atoms with van der Waals surface area (Å²) in [5, 5.41) is 6.15. The summed E-state index contributed by atoms with van der Waals surface area (Å²) in [4.78, 5) is 15.5. The lowest BCUT2D eigenvalue weighted by molar-refractivity contribution is 0.665. The van der Waals surface area contributed by atoms with Crippen LogP contribution in [0.5, 0.6) is 0 Å². The molecule has 57 heavy (non-hydrogen) atoms. The van der Waals surface area contributed by atoms with Crippen molar-refractivity contribution >= 4 is 65.8 Å². The van der Waals surface area contributed by atoms with Crippen molar-refractivity contribution in [3.05, 3.63) is 176 Å². The van der Waals surface area contributed by atoms with Crippen LogP contribution in [-0.2, 0) is 0 Å². The lowest BCUT2D eigenvalue weighted by Crippen LogP contribution is -2.00. The highest BCUT2D eigenvalue weighted by molar-refractivity contribution is 6.18. The van der Waals surface area contributed by atoms with E-state index >= 15 is 0 Å². The zero-order valence-electron chi connectivity index (χ0n) is 30.3. The van der Waals surface area contributed by atoms with E-state index in [-0.39, 0.29) is 0 Å². The fourth-order valence-corrected chi connectivity index (χ4v) is 8.25. The highest BCUT2D eigenvalue weighted by atomic mass is 16.3. The van der Waals surface area contributed by atoms with Crippen LogP contribution in [0.15, 0.2) is 189 Å². The monoisotopic (exact) mass is 731 g/mol. The molecule has 0 spiro atoms. The third-order valence-electron chi connectivity index (χ3n) is 11.0. The number of furan rings is 3. The van der Waals surface area contributed by atoms with Gasteiger partial charge in [0.05, 0.1) is 0 Å². The van der Waals surface area contributed by atoms with Crippen LogP contribution < -0.4 is 0 Å². The Bertz CT molecular complexity index is 3520. The molecule has 0 saturated carbocycles. The van der Waals surface area contributed by atoms with Gasteiger partial charge in [-0.1, -0.05) is 133 Å². The van der Waals surface area contributed by atoms with Crippen molar-refractivity contribution in [1.82, 2.24) is 15.0 Å². The third-order valence-corrected chi connectivity index (χ3v) is 11.0. The van der Waals surface area contributed by atoms with Crippen LogP contribution in [0.3, 0.4) is 0 Å². The number of aromatic nitrogens is 3. The third kappa shape index (κ3) is 5.01. The van der Waals surface area contributed by atoms with Gasteiger partial charge in [0.15, 0.2) is 17.5 Å². The van der Waals surface area contributed by atoms with Crippen LogP contribution in [0.2, 0.25) is 0 Å². The molecule has 12 rings (SSSR count). The van der Waals surface area contributed by atoms with E-state index in [1.807, 2.05) is 66.7 Å². The Kier molecular flexibility index (Phi) is 6.83. The van der Waals surface area contributed by atoms with E-state index in [4.69, 9.17) is 28.2 Å². The topological polar surface area (TPSA) is 78.1 Å². The van der Waals surface area contributed by atoms with Gasteiger partial charge in [-0.2, -0.15) is 0 Å². The van der Waals surface area contributed by atoms with E-state index in [0.29, 0.717) is 17.5 Å². The highest BCUT2D eigenvalue weighted by Gasteiger charge is 2.23. The first-order chi connectivity index (χ1) is 28.2. The van der Waals surface area contributed by atoms with E-state index in [2.05, 4.69) is 109 Å². The molecule has 0 N–H and O–H groups in total. The minimum atomic E-state index is 0.539. The van der Waals surface area contributed by atoms with Gasteiger partial charge in [0.1, 0.15) is 33.5 Å². The Morgan fingerprint density at radius 2 is 0.789 bits per heavy atom. The average molecular weight is 732 g/mol. The molecule has 8 aromatic carbocycles. The summed E-state index contributed by atoms with van der Waals surface area (Å²) in [6.07, 6.45) is 0. The summed E-state index contributed by atoms with van der Waals surface area (Å²) in [5.74, 6) is 1.65. The second kappa shape index (κ2) is 12.3. The normalized spacial score (nSPS) is 11.9. The Morgan fingerprint density at radius 3 is 1.58 bits per heavy atom. The molecule has 4 aromatic heterocycles. The molecule has 6 heteroatoms. The quantitative estimate of drug-likeness (QED) is 0.175. The van der Waals surface area contributed by atoms with Gasteiger partial charge in [-0.15, -0.1) is 0 Å². The van der Waals surface area contributed by atoms with Crippen LogP contribution >= 0.6 is 0 Å². The minimum Gasteiger partial charge on any atom is -0.456 e. The highest BCUT2D eigenvalue weighted by Crippen LogP contribution is 2.44. The Labute approximate surface area is 325 Å². The molecule has 0 amide bonds. The van der Waals surface area contributed by atoms with Gasteiger partial charge in [0, 0.05) is 60.1 Å². The summed E-state index contributed by atoms with van der Waals surface area (Å²) in [6, 6.07) is 59.8. The fourth-order valence-electron chi connectivity index (χ4n) is 8.25. The molecule has 0 atom stereocenters. The lowest BCUT2D eigenvalue weighted by Gasteiger charge is -2.11. The van der Waals surface area contributed by atoms with Gasteiger partial charge >= 0.3 is 0 Å². The largest absolute Gasteiger partial charge is 0.456 e. The van der Waals surface area contributed by atoms with Gasteiger partial charge in [-0.05, 0) is 53.6 Å². The fraction of sp³-hybridized carbons (Fsp3) is 0. The summed E-state index contributed by atoms with van der Waals surface area (Å²) >= 11 is 0. The van der Waals surface area contributed by atoms with Crippen molar-refractivity contribution in [2.75, 3.05) is 0 Å². The summed E-state index contributed by atoms with van der Waals surface area (Å²) < 4.78 is 19.6. The second-order valence-electron chi connectivity index (χ2n) is 14.3. The van der Waals surface area contributed by atoms with Gasteiger partial charge in [-0.3, -0.25) is 0 Å². The zero-order chi connectivity index (χ0) is 37.5. The number of nitrogens with zero attached hydrogens (tertiary/aromatic N) is 3. The molecule has 0 saturated heterocycles. The summed E-state index contributed by atoms with van der Waals surface area (Å²) in [6.45, 7) is 0. The number of fused-ring (bicyclic) bond motifs is 9. The molecule has 4 heterocycles. The first-order valence-electron chi connectivity index (χ1n) is 18.9. The predicted molar refractivity (Wildman–Crippen MR) is 229 cm³/mol. The summed E-state index contributed by atoms with van der Waals surface area (Å²) in [7, 11) is 0. The second-order valence-corrected chi connectivity index (χ2v) is 14.3. The Morgan fingerprint density at radius 1 is 0.281 bits per heavy atom. The summed E-state index contributed by atoms with van der Waals surface area (Å²) in [5.41, 5.74) is 11.5. The smallest absolute Gasteiger partial charge is 0.164 e. The maximum Gasteiger partial charge on any atom is 0.164 e. The predicted octanol–water partition coefficient (Wildman–Crippen LogP) is 13.9. The molecular weight excluding hydrogens is 703 g/mol. The molecule has 0 aliphatic heterocycles. The Balaban J connectivity index is 1.09. The van der Waals surface area contributed by atoms with E-state index in [9.17, 15) is 0 Å². The molecular formula is C51H29N3O3. The van der Waals surface area contributed by atoms with Crippen LogP contribution in [-0.4, -0.2) is 15.0 Å². The van der Waals surface area contributed by atoms with Crippen LogP contribution in [0.1, 0.15) is 0 Å². The molecule has 0 aliphatic carbocycles. The van der Waals surface area contributed by atoms with Crippen molar-refractivity contribution in [1.29, 1.82) is 0 Å². The lowest BCUT2D eigenvalue weighted by atomic mass is 9.96. The van der Waals surface area contributed by atoms with Gasteiger partial charge < -0.3 is 13.3 Å². The first kappa shape index (κ1) is 31.5. The average Bonchev–Trinajstić information content (AvgIpc) is 3.98. The van der Waals surface area contributed by atoms with E-state index < -0.39 is 0 Å². The zero-order valence-corrected chi connectivity index (χ0v) is 30.3. The van der Waals surface area contributed by atoms with Crippen molar-refractivity contribution < 1.29 is 13.3 Å². The minimum absolute atomic E-state index is 0.539. The van der Waals surface area contributed by atoms with Crippen LogP contribution in [0, 0.1) is 0 Å². The van der Waals surface area contributed by atoms with Crippen molar-refractivity contribution in [2.45, 2.75) is 0 Å². The van der Waals surface area contributed by atoms with Gasteiger partial charge in [-0.25, -0.2) is 15.0 Å². The van der Waals surface area contributed by atoms with Crippen molar-refractivity contribution in [3.63, 3.8) is 0 Å². The van der Waals surface area contributed by atoms with Crippen molar-refractivity contribution in [3.8, 4) is 56.4 Å². The van der Waals surface area contributed by atoms with E-state index in [1.54, 1.807) is 0 Å². The standard InChI is InChI=1S/C51H29N3O3/c1-2-11-30(12-3-1)31-21-23-32(24-22-31)49-52-50(33-25-26-36-34-13-4-7-18-42(34)55-45(36)29-33)54-51(53-49)41-28-27-39(48-46(41)40-15-6-9-20-44(40)57-48)38-17-10-16-37-35-14-5-8-19-43(35)56-47(37)38/h1-29H.